The van der Waals surface area contributed by atoms with Gasteiger partial charge in [-0.3, -0.25) is 28.5 Å². The molecule has 6 N–H and O–H groups in total. The number of aromatic nitrogens is 4. The molecule has 3 amide bonds. The van der Waals surface area contributed by atoms with Gasteiger partial charge in [-0.1, -0.05) is 57.9 Å². The molecule has 2 aliphatic carbocycles. The Morgan fingerprint density at radius 3 is 2.35 bits per heavy atom. The lowest BCUT2D eigenvalue weighted by molar-refractivity contribution is -0.142. The predicted molar refractivity (Wildman–Crippen MR) is 254 cm³/mol. The van der Waals surface area contributed by atoms with E-state index in [1.807, 2.05) is 64.4 Å². The normalized spacial score (nSPS) is 19.7. The van der Waals surface area contributed by atoms with Crippen LogP contribution in [0.4, 0.5) is 17.3 Å². The number of benzene rings is 1. The number of unbranched alkanes of at least 4 members (excludes halogenated alkanes) is 3. The molecule has 1 saturated heterocycles. The first-order chi connectivity index (χ1) is 31.5. The molecule has 4 aliphatic rings. The third-order valence-electron chi connectivity index (χ3n) is 14.0. The third kappa shape index (κ3) is 10.4. The number of Topliss-reactive ketones (excluding diaryl/α,β-unsaturated/α-hetero) is 1. The lowest BCUT2D eigenvalue weighted by Crippen LogP contribution is -2.56. The van der Waals surface area contributed by atoms with E-state index in [-0.39, 0.29) is 48.6 Å². The summed E-state index contributed by atoms with van der Waals surface area (Å²) in [6.07, 6.45) is 10.3. The van der Waals surface area contributed by atoms with Crippen molar-refractivity contribution < 1.29 is 24.3 Å². The SMILES string of the molecule is Cc1cc(Nc2cc(NCC(=O)CCCCCCNC(C(=O)N3C[C@H](O)CC3C(=O)NCc3ccc(-c4scnc4C)cc3)C(C)(C)C)ncn2)c(=O)n2c1C(=O)NC21CCC2(CC2)CC1. The number of likely N-dealkylation sites (tertiary alicyclic amines) is 1. The van der Waals surface area contributed by atoms with Crippen LogP contribution < -0.4 is 32.1 Å². The molecule has 0 bridgehead atoms. The molecule has 8 rings (SSSR count). The number of carbonyl (C=O) groups is 4. The van der Waals surface area contributed by atoms with Gasteiger partial charge in [-0.15, -0.1) is 11.3 Å². The minimum Gasteiger partial charge on any atom is -0.391 e. The lowest BCUT2D eigenvalue weighted by Gasteiger charge is -2.39. The second kappa shape index (κ2) is 19.4. The highest BCUT2D eigenvalue weighted by Crippen LogP contribution is 2.59. The molecule has 2 aliphatic heterocycles. The van der Waals surface area contributed by atoms with Gasteiger partial charge in [0.25, 0.3) is 11.5 Å². The Balaban J connectivity index is 0.757. The highest BCUT2D eigenvalue weighted by atomic mass is 32.1. The average molecular weight is 921 g/mol. The maximum atomic E-state index is 14.0. The number of hydrogen-bond acceptors (Lipinski definition) is 13. The molecule has 3 fully saturated rings. The third-order valence-corrected chi connectivity index (χ3v) is 15.0. The first-order valence-corrected chi connectivity index (χ1v) is 24.4. The van der Waals surface area contributed by atoms with Crippen molar-refractivity contribution in [2.24, 2.45) is 10.8 Å². The molecule has 2 unspecified atom stereocenters. The van der Waals surface area contributed by atoms with E-state index in [1.165, 1.54) is 24.1 Å². The molecule has 17 heteroatoms. The van der Waals surface area contributed by atoms with Gasteiger partial charge in [-0.05, 0) is 105 Å². The smallest absolute Gasteiger partial charge is 0.276 e. The van der Waals surface area contributed by atoms with Gasteiger partial charge in [0, 0.05) is 32.0 Å². The van der Waals surface area contributed by atoms with Gasteiger partial charge in [0.1, 0.15) is 41.0 Å². The van der Waals surface area contributed by atoms with Crippen LogP contribution in [0.25, 0.3) is 10.4 Å². The summed E-state index contributed by atoms with van der Waals surface area (Å²) in [5, 5.41) is 26.5. The van der Waals surface area contributed by atoms with Crippen LogP contribution in [0.15, 0.2) is 53.0 Å². The molecular weight excluding hydrogens is 857 g/mol. The van der Waals surface area contributed by atoms with Crippen molar-refractivity contribution in [1.29, 1.82) is 0 Å². The summed E-state index contributed by atoms with van der Waals surface area (Å²) in [5.41, 5.74) is 5.26. The summed E-state index contributed by atoms with van der Waals surface area (Å²) in [6.45, 7) is 10.9. The Morgan fingerprint density at radius 2 is 1.65 bits per heavy atom. The van der Waals surface area contributed by atoms with E-state index in [1.54, 1.807) is 28.0 Å². The number of fused-ring (bicyclic) bond motifs is 2. The van der Waals surface area contributed by atoms with E-state index < -0.39 is 29.3 Å². The summed E-state index contributed by atoms with van der Waals surface area (Å²) in [5.74, 6) is 0.201. The number of nitrogens with zero attached hydrogens (tertiary/aromatic N) is 5. The number of hydrogen-bond donors (Lipinski definition) is 6. The molecule has 2 saturated carbocycles. The van der Waals surface area contributed by atoms with Crippen molar-refractivity contribution in [3.05, 3.63) is 81.1 Å². The Kier molecular flexibility index (Phi) is 13.8. The number of carbonyl (C=O) groups excluding carboxylic acids is 4. The quantitative estimate of drug-likeness (QED) is 0.0627. The molecule has 0 radical (unpaired) electrons. The zero-order valence-corrected chi connectivity index (χ0v) is 39.6. The van der Waals surface area contributed by atoms with Crippen molar-refractivity contribution in [2.45, 2.75) is 142 Å². The highest BCUT2D eigenvalue weighted by Gasteiger charge is 2.54. The standard InChI is InChI=1S/C49H64N10O6S/c1-30-22-36(45(64)59-40(30)44(63)57-49(59)19-17-48(15-16-48)18-20-49)56-39-24-38(53-28-54-39)51-26-34(60)10-8-6-7-9-21-50-42(47(3,4)5)46(65)58-27-35(61)23-37(58)43(62)52-25-32-11-13-33(14-12-32)41-31(2)55-29-66-41/h11-14,22,24,28-29,35,37,42,50,61H,6-10,15-21,23,25-27H2,1-5H3,(H,52,62)(H,57,63)(H2,51,53,54,56)/t35-,37?,42?/m1/s1. The molecule has 2 spiro atoms. The number of nitrogens with one attached hydrogen (secondary N) is 5. The maximum Gasteiger partial charge on any atom is 0.276 e. The van der Waals surface area contributed by atoms with Crippen LogP contribution in [0, 0.1) is 24.7 Å². The topological polar surface area (TPSA) is 213 Å². The Morgan fingerprint density at radius 1 is 0.939 bits per heavy atom. The van der Waals surface area contributed by atoms with Crippen LogP contribution in [-0.4, -0.2) is 90.9 Å². The van der Waals surface area contributed by atoms with E-state index in [4.69, 9.17) is 0 Å². The van der Waals surface area contributed by atoms with Gasteiger partial charge in [-0.2, -0.15) is 0 Å². The minimum atomic E-state index is -0.783. The fourth-order valence-corrected chi connectivity index (χ4v) is 10.8. The molecule has 4 aromatic rings. The first-order valence-electron chi connectivity index (χ1n) is 23.5. The fourth-order valence-electron chi connectivity index (χ4n) is 9.95. The number of thiazole rings is 1. The first kappa shape index (κ1) is 47.0. The molecule has 5 heterocycles. The van der Waals surface area contributed by atoms with Crippen LogP contribution >= 0.6 is 11.3 Å². The van der Waals surface area contributed by atoms with Crippen molar-refractivity contribution in [3.8, 4) is 10.4 Å². The predicted octanol–water partition coefficient (Wildman–Crippen LogP) is 6.09. The second-order valence-electron chi connectivity index (χ2n) is 20.0. The fraction of sp³-hybridized carbons (Fsp3) is 0.551. The average Bonchev–Trinajstić information content (AvgIpc) is 3.54. The zero-order chi connectivity index (χ0) is 46.8. The van der Waals surface area contributed by atoms with Crippen molar-refractivity contribution in [1.82, 2.24) is 40.4 Å². The van der Waals surface area contributed by atoms with E-state index in [9.17, 15) is 29.1 Å². The molecule has 66 heavy (non-hydrogen) atoms. The van der Waals surface area contributed by atoms with Gasteiger partial charge in [0.2, 0.25) is 11.8 Å². The number of ketones is 1. The summed E-state index contributed by atoms with van der Waals surface area (Å²) in [7, 11) is 0. The van der Waals surface area contributed by atoms with E-state index >= 15 is 0 Å². The monoisotopic (exact) mass is 920 g/mol. The van der Waals surface area contributed by atoms with Gasteiger partial charge in [0.05, 0.1) is 34.8 Å². The summed E-state index contributed by atoms with van der Waals surface area (Å²) in [6, 6.07) is 10.0. The molecule has 352 valence electrons. The highest BCUT2D eigenvalue weighted by molar-refractivity contribution is 7.13. The zero-order valence-electron chi connectivity index (χ0n) is 38.8. The second-order valence-corrected chi connectivity index (χ2v) is 20.9. The Labute approximate surface area is 390 Å². The summed E-state index contributed by atoms with van der Waals surface area (Å²) >= 11 is 1.59. The van der Waals surface area contributed by atoms with Crippen LogP contribution in [-0.2, 0) is 26.6 Å². The Hall–Kier alpha value is -5.52. The number of aliphatic hydroxyl groups is 1. The van der Waals surface area contributed by atoms with Crippen molar-refractivity contribution in [3.63, 3.8) is 0 Å². The largest absolute Gasteiger partial charge is 0.391 e. The summed E-state index contributed by atoms with van der Waals surface area (Å²) < 4.78 is 1.68. The van der Waals surface area contributed by atoms with Crippen molar-refractivity contribution >= 4 is 52.2 Å². The number of anilines is 3. The summed E-state index contributed by atoms with van der Waals surface area (Å²) in [4.78, 5) is 83.0. The van der Waals surface area contributed by atoms with Crippen LogP contribution in [0.3, 0.4) is 0 Å². The number of aliphatic hydroxyl groups excluding tert-OH is 1. The number of β-amino-alcohol motifs (C(OH)–C–C–N with tert-alkyl or cyclic N) is 1. The maximum absolute atomic E-state index is 14.0. The van der Waals surface area contributed by atoms with E-state index in [0.29, 0.717) is 53.5 Å². The van der Waals surface area contributed by atoms with Crippen molar-refractivity contribution in [2.75, 3.05) is 30.3 Å². The minimum absolute atomic E-state index is 0.0429. The van der Waals surface area contributed by atoms with Gasteiger partial charge >= 0.3 is 0 Å². The molecule has 3 atom stereocenters. The van der Waals surface area contributed by atoms with Crippen LogP contribution in [0.2, 0.25) is 0 Å². The number of aryl methyl sites for hydroxylation is 2. The van der Waals surface area contributed by atoms with E-state index in [0.717, 1.165) is 73.1 Å². The molecular formula is C49H64N10O6S. The molecule has 3 aromatic heterocycles. The van der Waals surface area contributed by atoms with Gasteiger partial charge in [-0.25, -0.2) is 15.0 Å². The number of amides is 3. The van der Waals surface area contributed by atoms with Crippen LogP contribution in [0.5, 0.6) is 0 Å². The van der Waals surface area contributed by atoms with Crippen LogP contribution in [0.1, 0.15) is 125 Å². The van der Waals surface area contributed by atoms with E-state index in [2.05, 4.69) is 41.5 Å². The molecule has 1 aromatic carbocycles. The van der Waals surface area contributed by atoms with Gasteiger partial charge < -0.3 is 36.6 Å². The van der Waals surface area contributed by atoms with Gasteiger partial charge in [0.15, 0.2) is 5.78 Å². The lowest BCUT2D eigenvalue weighted by atomic mass is 9.79. The molecule has 16 nitrogen and oxygen atoms in total. The number of pyridine rings is 1. The Bertz CT molecular complexity index is 2500. The number of rotatable bonds is 18.